The molecule has 0 saturated carbocycles. The normalized spacial score (nSPS) is 11.4. The van der Waals surface area contributed by atoms with Gasteiger partial charge in [-0.15, -0.1) is 0 Å². The predicted octanol–water partition coefficient (Wildman–Crippen LogP) is 5.57. The lowest BCUT2D eigenvalue weighted by molar-refractivity contribution is -0.114. The quantitative estimate of drug-likeness (QED) is 0.226. The van der Waals surface area contributed by atoms with Crippen LogP contribution in [0.2, 0.25) is 10.0 Å². The van der Waals surface area contributed by atoms with Crippen molar-refractivity contribution in [3.05, 3.63) is 75.2 Å². The summed E-state index contributed by atoms with van der Waals surface area (Å²) in [6, 6.07) is 4.63. The molecule has 0 spiro atoms. The van der Waals surface area contributed by atoms with Gasteiger partial charge >= 0.3 is 0 Å². The van der Waals surface area contributed by atoms with Crippen molar-refractivity contribution in [2.75, 3.05) is 5.32 Å². The van der Waals surface area contributed by atoms with Gasteiger partial charge < -0.3 is 5.32 Å². The first-order valence-electron chi connectivity index (χ1n) is 7.38. The topological polar surface area (TPSA) is 46.2 Å². The Balaban J connectivity index is 2.42. The van der Waals surface area contributed by atoms with Crippen LogP contribution in [0.4, 0.5) is 18.9 Å². The molecule has 136 valence electrons. The van der Waals surface area contributed by atoms with Crippen molar-refractivity contribution in [2.45, 2.75) is 13.3 Å². The molecule has 0 aromatic heterocycles. The zero-order chi connectivity index (χ0) is 19.4. The maximum absolute atomic E-state index is 13.7. The number of carbonyl (C=O) groups is 2. The van der Waals surface area contributed by atoms with Gasteiger partial charge in [-0.3, -0.25) is 9.59 Å². The minimum absolute atomic E-state index is 0.0289. The minimum atomic E-state index is -0.910. The Hall–Kier alpha value is -2.31. The molecule has 0 fully saturated rings. The van der Waals surface area contributed by atoms with E-state index in [1.165, 1.54) is 6.92 Å². The molecule has 2 aromatic carbocycles. The number of Topliss-reactive ketones (excluding diaryl/α,β-unsaturated/α-hetero) is 2. The Bertz CT molecular complexity index is 914. The molecule has 2 aromatic rings. The Labute approximate surface area is 157 Å². The molecule has 26 heavy (non-hydrogen) atoms. The van der Waals surface area contributed by atoms with Gasteiger partial charge in [-0.1, -0.05) is 30.1 Å². The Morgan fingerprint density at radius 2 is 1.73 bits per heavy atom. The number of carbonyl (C=O) groups excluding carboxylic acids is 2. The van der Waals surface area contributed by atoms with Crippen LogP contribution in [0.15, 0.2) is 42.1 Å². The van der Waals surface area contributed by atoms with Gasteiger partial charge in [-0.2, -0.15) is 0 Å². The second kappa shape index (κ2) is 8.38. The molecule has 0 unspecified atom stereocenters. The summed E-state index contributed by atoms with van der Waals surface area (Å²) >= 11 is 11.5. The Kier molecular flexibility index (Phi) is 6.45. The van der Waals surface area contributed by atoms with Crippen LogP contribution in [0.3, 0.4) is 0 Å². The van der Waals surface area contributed by atoms with Crippen molar-refractivity contribution in [2.24, 2.45) is 0 Å². The van der Waals surface area contributed by atoms with E-state index >= 15 is 0 Å². The number of rotatable bonds is 6. The van der Waals surface area contributed by atoms with Gasteiger partial charge in [0.15, 0.2) is 11.6 Å². The molecule has 0 aliphatic rings. The SMILES string of the molecule is CCC(=O)/C(=C/Nc1ccc(F)cc1F)C(=O)c1cc(F)c(Cl)cc1Cl. The molecule has 2 rings (SSSR count). The van der Waals surface area contributed by atoms with E-state index in [0.717, 1.165) is 30.5 Å². The number of ketones is 2. The van der Waals surface area contributed by atoms with Crippen LogP contribution >= 0.6 is 23.2 Å². The van der Waals surface area contributed by atoms with Crippen molar-refractivity contribution in [3.8, 4) is 0 Å². The minimum Gasteiger partial charge on any atom is -0.358 e. The molecule has 0 atom stereocenters. The third-order valence-corrected chi connectivity index (χ3v) is 4.03. The van der Waals surface area contributed by atoms with Crippen LogP contribution in [0.5, 0.6) is 0 Å². The number of hydrogen-bond donors (Lipinski definition) is 1. The number of hydrogen-bond acceptors (Lipinski definition) is 3. The second-order valence-corrected chi connectivity index (χ2v) is 5.99. The highest BCUT2D eigenvalue weighted by atomic mass is 35.5. The van der Waals surface area contributed by atoms with Crippen molar-refractivity contribution >= 4 is 40.5 Å². The summed E-state index contributed by atoms with van der Waals surface area (Å²) in [7, 11) is 0. The van der Waals surface area contributed by atoms with E-state index in [2.05, 4.69) is 5.32 Å². The lowest BCUT2D eigenvalue weighted by Gasteiger charge is -2.09. The molecule has 3 nitrogen and oxygen atoms in total. The van der Waals surface area contributed by atoms with Crippen molar-refractivity contribution in [1.82, 2.24) is 0 Å². The number of anilines is 1. The fourth-order valence-electron chi connectivity index (χ4n) is 2.06. The zero-order valence-corrected chi connectivity index (χ0v) is 14.9. The summed E-state index contributed by atoms with van der Waals surface area (Å²) in [6.07, 6.45) is 0.951. The zero-order valence-electron chi connectivity index (χ0n) is 13.4. The molecule has 0 amide bonds. The molecule has 0 heterocycles. The first-order chi connectivity index (χ1) is 12.2. The second-order valence-electron chi connectivity index (χ2n) is 5.18. The van der Waals surface area contributed by atoms with E-state index < -0.39 is 29.0 Å². The van der Waals surface area contributed by atoms with Gasteiger partial charge in [0, 0.05) is 24.3 Å². The average molecular weight is 402 g/mol. The molecule has 0 aliphatic heterocycles. The summed E-state index contributed by atoms with van der Waals surface area (Å²) in [5.41, 5.74) is -0.767. The Morgan fingerprint density at radius 1 is 1.04 bits per heavy atom. The monoisotopic (exact) mass is 401 g/mol. The molecular weight excluding hydrogens is 390 g/mol. The van der Waals surface area contributed by atoms with Crippen LogP contribution in [0.1, 0.15) is 23.7 Å². The molecule has 0 bridgehead atoms. The van der Waals surface area contributed by atoms with E-state index in [0.29, 0.717) is 6.07 Å². The fraction of sp³-hybridized carbons (Fsp3) is 0.111. The van der Waals surface area contributed by atoms with Crippen LogP contribution in [-0.2, 0) is 4.79 Å². The van der Waals surface area contributed by atoms with E-state index in [1.54, 1.807) is 0 Å². The molecule has 0 aliphatic carbocycles. The van der Waals surface area contributed by atoms with Crippen LogP contribution in [0, 0.1) is 17.5 Å². The van der Waals surface area contributed by atoms with Crippen molar-refractivity contribution in [1.29, 1.82) is 0 Å². The van der Waals surface area contributed by atoms with Crippen LogP contribution in [0.25, 0.3) is 0 Å². The van der Waals surface area contributed by atoms with E-state index in [-0.39, 0.29) is 33.3 Å². The third-order valence-electron chi connectivity index (χ3n) is 3.42. The summed E-state index contributed by atoms with van der Waals surface area (Å²) in [5, 5.41) is 2.04. The standard InChI is InChI=1S/C18H12Cl2F3NO2/c1-2-17(25)11(8-24-16-4-3-9(21)5-15(16)23)18(26)10-6-14(22)13(20)7-12(10)19/h3-8,24H,2H2,1H3/b11-8-. The smallest absolute Gasteiger partial charge is 0.199 e. The molecule has 8 heteroatoms. The van der Waals surface area contributed by atoms with Gasteiger partial charge in [-0.05, 0) is 24.3 Å². The summed E-state index contributed by atoms with van der Waals surface area (Å²) in [4.78, 5) is 24.7. The van der Waals surface area contributed by atoms with Crippen LogP contribution < -0.4 is 5.32 Å². The maximum Gasteiger partial charge on any atom is 0.199 e. The van der Waals surface area contributed by atoms with Gasteiger partial charge in [0.05, 0.1) is 21.3 Å². The Morgan fingerprint density at radius 3 is 2.35 bits per heavy atom. The van der Waals surface area contributed by atoms with E-state index in [9.17, 15) is 22.8 Å². The van der Waals surface area contributed by atoms with Crippen molar-refractivity contribution < 1.29 is 22.8 Å². The van der Waals surface area contributed by atoms with Gasteiger partial charge in [0.2, 0.25) is 0 Å². The maximum atomic E-state index is 13.7. The van der Waals surface area contributed by atoms with E-state index in [4.69, 9.17) is 23.2 Å². The van der Waals surface area contributed by atoms with Gasteiger partial charge in [0.1, 0.15) is 17.5 Å². The van der Waals surface area contributed by atoms with E-state index in [1.807, 2.05) is 0 Å². The number of halogens is 5. The van der Waals surface area contributed by atoms with Crippen molar-refractivity contribution in [3.63, 3.8) is 0 Å². The average Bonchev–Trinajstić information content (AvgIpc) is 2.59. The molecule has 1 N–H and O–H groups in total. The first kappa shape index (κ1) is 20.0. The number of allylic oxidation sites excluding steroid dienone is 1. The largest absolute Gasteiger partial charge is 0.358 e. The highest BCUT2D eigenvalue weighted by molar-refractivity contribution is 6.39. The molecule has 0 saturated heterocycles. The third kappa shape index (κ3) is 4.45. The number of nitrogens with one attached hydrogen (secondary N) is 1. The highest BCUT2D eigenvalue weighted by Gasteiger charge is 2.22. The lowest BCUT2D eigenvalue weighted by Crippen LogP contribution is -2.15. The van der Waals surface area contributed by atoms with Gasteiger partial charge in [-0.25, -0.2) is 13.2 Å². The van der Waals surface area contributed by atoms with Gasteiger partial charge in [0.25, 0.3) is 0 Å². The first-order valence-corrected chi connectivity index (χ1v) is 8.14. The molecule has 0 radical (unpaired) electrons. The summed E-state index contributed by atoms with van der Waals surface area (Å²) in [5.74, 6) is -3.99. The number of benzene rings is 2. The fourth-order valence-corrected chi connectivity index (χ4v) is 2.53. The van der Waals surface area contributed by atoms with Crippen LogP contribution in [-0.4, -0.2) is 11.6 Å². The lowest BCUT2D eigenvalue weighted by atomic mass is 9.99. The predicted molar refractivity (Wildman–Crippen MR) is 94.1 cm³/mol. The summed E-state index contributed by atoms with van der Waals surface area (Å²) < 4.78 is 40.3. The molecular formula is C18H12Cl2F3NO2. The summed E-state index contributed by atoms with van der Waals surface area (Å²) in [6.45, 7) is 1.52. The highest BCUT2D eigenvalue weighted by Crippen LogP contribution is 2.27.